The summed E-state index contributed by atoms with van der Waals surface area (Å²) in [5.41, 5.74) is 2.49. The molecule has 1 aliphatic rings. The van der Waals surface area contributed by atoms with Crippen molar-refractivity contribution in [2.45, 2.75) is 25.7 Å². The average molecular weight is 336 g/mol. The fourth-order valence-corrected chi connectivity index (χ4v) is 3.58. The summed E-state index contributed by atoms with van der Waals surface area (Å²) in [6.45, 7) is 3.40. The van der Waals surface area contributed by atoms with Gasteiger partial charge in [0.1, 0.15) is 0 Å². The van der Waals surface area contributed by atoms with Crippen LogP contribution in [0.2, 0.25) is 0 Å². The largest absolute Gasteiger partial charge is 0.326 e. The van der Waals surface area contributed by atoms with Gasteiger partial charge in [-0.2, -0.15) is 0 Å². The Morgan fingerprint density at radius 3 is 2.24 bits per heavy atom. The standard InChI is InChI=1S/C21H24N2O2/c1-15(24)23-19-9-7-18(8-10-19)21(25)20(16-5-3-2-4-6-16)17-11-13-22-14-12-17/h2-10,17,20,22H,11-14H2,1H3,(H,23,24). The number of carbonyl (C=O) groups excluding carboxylic acids is 2. The van der Waals surface area contributed by atoms with Crippen LogP contribution in [0.1, 0.15) is 41.6 Å². The van der Waals surface area contributed by atoms with Crippen molar-refractivity contribution in [3.05, 3.63) is 65.7 Å². The number of Topliss-reactive ketones (excluding diaryl/α,β-unsaturated/α-hetero) is 1. The first kappa shape index (κ1) is 17.4. The van der Waals surface area contributed by atoms with E-state index < -0.39 is 0 Å². The molecule has 1 heterocycles. The highest BCUT2D eigenvalue weighted by atomic mass is 16.1. The molecule has 0 bridgehead atoms. The molecule has 1 fully saturated rings. The van der Waals surface area contributed by atoms with Gasteiger partial charge in [-0.3, -0.25) is 9.59 Å². The molecule has 0 spiro atoms. The third-order valence-electron chi connectivity index (χ3n) is 4.79. The van der Waals surface area contributed by atoms with Crippen LogP contribution >= 0.6 is 0 Å². The number of nitrogens with one attached hydrogen (secondary N) is 2. The summed E-state index contributed by atoms with van der Waals surface area (Å²) >= 11 is 0. The predicted octanol–water partition coefficient (Wildman–Crippen LogP) is 3.61. The molecule has 4 nitrogen and oxygen atoms in total. The van der Waals surface area contributed by atoms with Crippen LogP contribution in [0, 0.1) is 5.92 Å². The fraction of sp³-hybridized carbons (Fsp3) is 0.333. The van der Waals surface area contributed by atoms with Gasteiger partial charge in [0.2, 0.25) is 5.91 Å². The van der Waals surface area contributed by atoms with E-state index in [1.54, 1.807) is 12.1 Å². The monoisotopic (exact) mass is 336 g/mol. The van der Waals surface area contributed by atoms with Gasteiger partial charge in [0, 0.05) is 18.2 Å². The third kappa shape index (κ3) is 4.34. The number of hydrogen-bond donors (Lipinski definition) is 2. The molecular formula is C21H24N2O2. The van der Waals surface area contributed by atoms with E-state index in [0.717, 1.165) is 31.5 Å². The summed E-state index contributed by atoms with van der Waals surface area (Å²) in [5, 5.41) is 6.11. The first-order valence-electron chi connectivity index (χ1n) is 8.82. The van der Waals surface area contributed by atoms with Crippen LogP contribution in [0.15, 0.2) is 54.6 Å². The highest BCUT2D eigenvalue weighted by molar-refractivity contribution is 6.01. The number of hydrogen-bond acceptors (Lipinski definition) is 3. The fourth-order valence-electron chi connectivity index (χ4n) is 3.58. The highest BCUT2D eigenvalue weighted by Crippen LogP contribution is 2.34. The van der Waals surface area contributed by atoms with Gasteiger partial charge in [-0.1, -0.05) is 30.3 Å². The Balaban J connectivity index is 1.87. The first-order valence-corrected chi connectivity index (χ1v) is 8.82. The Morgan fingerprint density at radius 1 is 1.00 bits per heavy atom. The minimum Gasteiger partial charge on any atom is -0.326 e. The van der Waals surface area contributed by atoms with Gasteiger partial charge in [0.25, 0.3) is 0 Å². The van der Waals surface area contributed by atoms with Gasteiger partial charge in [-0.05, 0) is 61.7 Å². The minimum atomic E-state index is -0.116. The van der Waals surface area contributed by atoms with Gasteiger partial charge in [-0.25, -0.2) is 0 Å². The van der Waals surface area contributed by atoms with E-state index in [1.807, 2.05) is 30.3 Å². The predicted molar refractivity (Wildman–Crippen MR) is 99.9 cm³/mol. The van der Waals surface area contributed by atoms with Crippen molar-refractivity contribution in [3.8, 4) is 0 Å². The molecular weight excluding hydrogens is 312 g/mol. The molecule has 1 amide bonds. The van der Waals surface area contributed by atoms with E-state index in [1.165, 1.54) is 6.92 Å². The number of ketones is 1. The Labute approximate surface area is 148 Å². The maximum absolute atomic E-state index is 13.3. The Hall–Kier alpha value is -2.46. The molecule has 1 atom stereocenters. The van der Waals surface area contributed by atoms with Crippen LogP contribution in [0.5, 0.6) is 0 Å². The average Bonchev–Trinajstić information content (AvgIpc) is 2.64. The molecule has 2 aromatic rings. The summed E-state index contributed by atoms with van der Waals surface area (Å²) in [7, 11) is 0. The summed E-state index contributed by atoms with van der Waals surface area (Å²) < 4.78 is 0. The van der Waals surface area contributed by atoms with Crippen LogP contribution in [0.3, 0.4) is 0 Å². The van der Waals surface area contributed by atoms with E-state index in [-0.39, 0.29) is 17.6 Å². The second kappa shape index (κ2) is 8.08. The Bertz CT molecular complexity index is 719. The van der Waals surface area contributed by atoms with Crippen molar-refractivity contribution in [2.75, 3.05) is 18.4 Å². The number of amides is 1. The zero-order chi connectivity index (χ0) is 17.6. The molecule has 2 N–H and O–H groups in total. The Morgan fingerprint density at radius 2 is 1.64 bits per heavy atom. The molecule has 0 radical (unpaired) electrons. The van der Waals surface area contributed by atoms with Crippen molar-refractivity contribution < 1.29 is 9.59 Å². The van der Waals surface area contributed by atoms with Crippen molar-refractivity contribution in [1.29, 1.82) is 0 Å². The lowest BCUT2D eigenvalue weighted by Gasteiger charge is -2.30. The normalized spacial score (nSPS) is 16.2. The number of benzene rings is 2. The third-order valence-corrected chi connectivity index (χ3v) is 4.79. The van der Waals surface area contributed by atoms with Crippen LogP contribution in [0.25, 0.3) is 0 Å². The lowest BCUT2D eigenvalue weighted by Crippen LogP contribution is -2.33. The minimum absolute atomic E-state index is 0.115. The molecule has 0 saturated carbocycles. The van der Waals surface area contributed by atoms with Gasteiger partial charge in [0.05, 0.1) is 5.92 Å². The van der Waals surface area contributed by atoms with E-state index >= 15 is 0 Å². The molecule has 3 rings (SSSR count). The molecule has 0 aromatic heterocycles. The van der Waals surface area contributed by atoms with Crippen molar-refractivity contribution in [2.24, 2.45) is 5.92 Å². The highest BCUT2D eigenvalue weighted by Gasteiger charge is 2.31. The topological polar surface area (TPSA) is 58.2 Å². The summed E-state index contributed by atoms with van der Waals surface area (Å²) in [6.07, 6.45) is 2.02. The second-order valence-electron chi connectivity index (χ2n) is 6.60. The van der Waals surface area contributed by atoms with Gasteiger partial charge < -0.3 is 10.6 Å². The number of rotatable bonds is 5. The van der Waals surface area contributed by atoms with Crippen LogP contribution in [-0.4, -0.2) is 24.8 Å². The molecule has 2 aromatic carbocycles. The lowest BCUT2D eigenvalue weighted by molar-refractivity contribution is -0.114. The molecule has 0 aliphatic carbocycles. The maximum atomic E-state index is 13.3. The molecule has 4 heteroatoms. The van der Waals surface area contributed by atoms with Crippen molar-refractivity contribution in [3.63, 3.8) is 0 Å². The lowest BCUT2D eigenvalue weighted by atomic mass is 9.76. The summed E-state index contributed by atoms with van der Waals surface area (Å²) in [4.78, 5) is 24.4. The summed E-state index contributed by atoms with van der Waals surface area (Å²) in [5.74, 6) is 0.282. The molecule has 25 heavy (non-hydrogen) atoms. The van der Waals surface area contributed by atoms with Crippen molar-refractivity contribution in [1.82, 2.24) is 5.32 Å². The zero-order valence-corrected chi connectivity index (χ0v) is 14.5. The zero-order valence-electron chi connectivity index (χ0n) is 14.5. The van der Waals surface area contributed by atoms with Crippen LogP contribution < -0.4 is 10.6 Å². The molecule has 130 valence electrons. The Kier molecular flexibility index (Phi) is 5.61. The molecule has 1 aliphatic heterocycles. The van der Waals surface area contributed by atoms with Gasteiger partial charge in [-0.15, -0.1) is 0 Å². The first-order chi connectivity index (χ1) is 12.1. The van der Waals surface area contributed by atoms with E-state index in [9.17, 15) is 9.59 Å². The summed E-state index contributed by atoms with van der Waals surface area (Å²) in [6, 6.07) is 17.3. The number of piperidine rings is 1. The molecule has 1 unspecified atom stereocenters. The molecule has 1 saturated heterocycles. The van der Waals surface area contributed by atoms with Crippen LogP contribution in [0.4, 0.5) is 5.69 Å². The van der Waals surface area contributed by atoms with Gasteiger partial charge in [0.15, 0.2) is 5.78 Å². The number of anilines is 1. The van der Waals surface area contributed by atoms with E-state index in [2.05, 4.69) is 22.8 Å². The second-order valence-corrected chi connectivity index (χ2v) is 6.60. The van der Waals surface area contributed by atoms with E-state index in [4.69, 9.17) is 0 Å². The quantitative estimate of drug-likeness (QED) is 0.820. The maximum Gasteiger partial charge on any atom is 0.221 e. The smallest absolute Gasteiger partial charge is 0.221 e. The number of carbonyl (C=O) groups is 2. The van der Waals surface area contributed by atoms with Gasteiger partial charge >= 0.3 is 0 Å². The van der Waals surface area contributed by atoms with Crippen LogP contribution in [-0.2, 0) is 4.79 Å². The van der Waals surface area contributed by atoms with Crippen molar-refractivity contribution >= 4 is 17.4 Å². The van der Waals surface area contributed by atoms with E-state index in [0.29, 0.717) is 17.2 Å². The SMILES string of the molecule is CC(=O)Nc1ccc(C(=O)C(c2ccccc2)C2CCNCC2)cc1.